The summed E-state index contributed by atoms with van der Waals surface area (Å²) in [6.45, 7) is 11.5. The van der Waals surface area contributed by atoms with Gasteiger partial charge in [0.05, 0.1) is 5.69 Å². The Morgan fingerprint density at radius 1 is 1.19 bits per heavy atom. The Hall–Kier alpha value is -2.37. The van der Waals surface area contributed by atoms with E-state index in [1.165, 1.54) is 12.8 Å². The smallest absolute Gasteiger partial charge is 0.191 e. The van der Waals surface area contributed by atoms with E-state index >= 15 is 0 Å². The second kappa shape index (κ2) is 10.1. The third-order valence-corrected chi connectivity index (χ3v) is 4.52. The second-order valence-corrected chi connectivity index (χ2v) is 7.66. The monoisotopic (exact) mass is 370 g/mol. The maximum Gasteiger partial charge on any atom is 0.191 e. The zero-order chi connectivity index (χ0) is 19.8. The predicted molar refractivity (Wildman–Crippen MR) is 112 cm³/mol. The molecular weight excluding hydrogens is 336 g/mol. The highest BCUT2D eigenvalue weighted by atomic mass is 15.3. The molecule has 0 aromatic carbocycles. The third kappa shape index (κ3) is 6.70. The first-order valence-corrected chi connectivity index (χ1v) is 9.84. The molecule has 6 heteroatoms. The van der Waals surface area contributed by atoms with E-state index in [2.05, 4.69) is 58.6 Å². The number of pyridine rings is 1. The summed E-state index contributed by atoms with van der Waals surface area (Å²) in [6, 6.07) is 6.53. The number of hydrogen-bond donors (Lipinski definition) is 2. The standard InChI is InChI=1S/C21H34N6/c1-15(2)8-7-9-16(3)25-21(22-6)24-14-19-10-11-20(23-13-19)27-18(5)12-17(4)26-27/h10-13,15-16H,7-9,14H2,1-6H3,(H2,22,24,25). The molecule has 0 fully saturated rings. The Labute approximate surface area is 163 Å². The lowest BCUT2D eigenvalue weighted by Gasteiger charge is -2.18. The number of hydrogen-bond acceptors (Lipinski definition) is 3. The Bertz CT molecular complexity index is 730. The highest BCUT2D eigenvalue weighted by molar-refractivity contribution is 5.79. The van der Waals surface area contributed by atoms with Crippen molar-refractivity contribution >= 4 is 5.96 Å². The molecule has 2 aromatic rings. The van der Waals surface area contributed by atoms with Crippen molar-refractivity contribution in [3.8, 4) is 5.82 Å². The zero-order valence-electron chi connectivity index (χ0n) is 17.6. The molecule has 27 heavy (non-hydrogen) atoms. The van der Waals surface area contributed by atoms with Gasteiger partial charge in [0.1, 0.15) is 0 Å². The van der Waals surface area contributed by atoms with Crippen LogP contribution < -0.4 is 10.6 Å². The van der Waals surface area contributed by atoms with E-state index in [4.69, 9.17) is 0 Å². The Balaban J connectivity index is 1.85. The van der Waals surface area contributed by atoms with E-state index < -0.39 is 0 Å². The number of guanidine groups is 1. The van der Waals surface area contributed by atoms with Crippen LogP contribution >= 0.6 is 0 Å². The summed E-state index contributed by atoms with van der Waals surface area (Å²) >= 11 is 0. The minimum absolute atomic E-state index is 0.404. The number of aliphatic imine (C=N–C) groups is 1. The summed E-state index contributed by atoms with van der Waals surface area (Å²) in [5.41, 5.74) is 3.19. The van der Waals surface area contributed by atoms with Gasteiger partial charge < -0.3 is 10.6 Å². The van der Waals surface area contributed by atoms with Gasteiger partial charge in [-0.3, -0.25) is 4.99 Å². The van der Waals surface area contributed by atoms with Crippen molar-refractivity contribution in [3.05, 3.63) is 41.3 Å². The Morgan fingerprint density at radius 3 is 2.52 bits per heavy atom. The van der Waals surface area contributed by atoms with Gasteiger partial charge in [-0.15, -0.1) is 0 Å². The number of aromatic nitrogens is 3. The van der Waals surface area contributed by atoms with Gasteiger partial charge in [0, 0.05) is 31.5 Å². The van der Waals surface area contributed by atoms with Crippen LogP contribution in [0.15, 0.2) is 29.4 Å². The van der Waals surface area contributed by atoms with Gasteiger partial charge in [0.25, 0.3) is 0 Å². The minimum atomic E-state index is 0.404. The van der Waals surface area contributed by atoms with Crippen LogP contribution in [-0.4, -0.2) is 33.8 Å². The fourth-order valence-electron chi connectivity index (χ4n) is 3.03. The number of rotatable bonds is 8. The van der Waals surface area contributed by atoms with E-state index in [9.17, 15) is 0 Å². The van der Waals surface area contributed by atoms with Crippen molar-refractivity contribution in [1.82, 2.24) is 25.4 Å². The van der Waals surface area contributed by atoms with Crippen molar-refractivity contribution in [2.75, 3.05) is 7.05 Å². The fourth-order valence-corrected chi connectivity index (χ4v) is 3.03. The molecule has 2 N–H and O–H groups in total. The molecule has 0 saturated carbocycles. The van der Waals surface area contributed by atoms with E-state index in [0.29, 0.717) is 12.6 Å². The van der Waals surface area contributed by atoms with Crippen LogP contribution in [0.25, 0.3) is 5.82 Å². The van der Waals surface area contributed by atoms with Crippen molar-refractivity contribution < 1.29 is 0 Å². The summed E-state index contributed by atoms with van der Waals surface area (Å²) in [5.74, 6) is 2.43. The van der Waals surface area contributed by atoms with Gasteiger partial charge in [0.15, 0.2) is 11.8 Å². The highest BCUT2D eigenvalue weighted by Crippen LogP contribution is 2.10. The molecule has 6 nitrogen and oxygen atoms in total. The summed E-state index contributed by atoms with van der Waals surface area (Å²) in [7, 11) is 1.81. The van der Waals surface area contributed by atoms with Gasteiger partial charge in [-0.1, -0.05) is 32.8 Å². The van der Waals surface area contributed by atoms with Crippen LogP contribution in [0.5, 0.6) is 0 Å². The number of nitrogens with zero attached hydrogens (tertiary/aromatic N) is 4. The summed E-state index contributed by atoms with van der Waals surface area (Å²) in [5, 5.41) is 11.3. The third-order valence-electron chi connectivity index (χ3n) is 4.52. The summed E-state index contributed by atoms with van der Waals surface area (Å²) in [6.07, 6.45) is 5.54. The molecule has 1 unspecified atom stereocenters. The first-order chi connectivity index (χ1) is 12.9. The van der Waals surface area contributed by atoms with Crippen molar-refractivity contribution in [3.63, 3.8) is 0 Å². The largest absolute Gasteiger partial charge is 0.354 e. The molecule has 0 aliphatic carbocycles. The number of nitrogens with one attached hydrogen (secondary N) is 2. The molecule has 2 aromatic heterocycles. The Kier molecular flexibility index (Phi) is 7.82. The van der Waals surface area contributed by atoms with Crippen LogP contribution in [0.1, 0.15) is 57.0 Å². The molecular formula is C21H34N6. The van der Waals surface area contributed by atoms with E-state index in [-0.39, 0.29) is 0 Å². The van der Waals surface area contributed by atoms with Gasteiger partial charge in [-0.25, -0.2) is 9.67 Å². The maximum atomic E-state index is 4.54. The van der Waals surface area contributed by atoms with Gasteiger partial charge >= 0.3 is 0 Å². The fraction of sp³-hybridized carbons (Fsp3) is 0.571. The van der Waals surface area contributed by atoms with E-state index in [1.54, 1.807) is 7.05 Å². The predicted octanol–water partition coefficient (Wildman–Crippen LogP) is 3.76. The summed E-state index contributed by atoms with van der Waals surface area (Å²) in [4.78, 5) is 8.87. The van der Waals surface area contributed by atoms with Crippen LogP contribution in [0.2, 0.25) is 0 Å². The second-order valence-electron chi connectivity index (χ2n) is 7.66. The quantitative estimate of drug-likeness (QED) is 0.548. The average molecular weight is 371 g/mol. The minimum Gasteiger partial charge on any atom is -0.354 e. The highest BCUT2D eigenvalue weighted by Gasteiger charge is 2.07. The molecule has 0 aliphatic heterocycles. The van der Waals surface area contributed by atoms with Crippen LogP contribution in [0.3, 0.4) is 0 Å². The Morgan fingerprint density at radius 2 is 1.96 bits per heavy atom. The molecule has 0 aliphatic rings. The van der Waals surface area contributed by atoms with Gasteiger partial charge in [0.2, 0.25) is 0 Å². The van der Waals surface area contributed by atoms with Crippen LogP contribution in [0.4, 0.5) is 0 Å². The molecule has 0 amide bonds. The normalized spacial score (nSPS) is 13.1. The zero-order valence-corrected chi connectivity index (χ0v) is 17.6. The van der Waals surface area contributed by atoms with Crippen LogP contribution in [0, 0.1) is 19.8 Å². The molecule has 0 saturated heterocycles. The molecule has 2 rings (SSSR count). The van der Waals surface area contributed by atoms with Gasteiger partial charge in [-0.05, 0) is 50.8 Å². The summed E-state index contributed by atoms with van der Waals surface area (Å²) < 4.78 is 1.87. The van der Waals surface area contributed by atoms with Crippen LogP contribution in [-0.2, 0) is 6.54 Å². The van der Waals surface area contributed by atoms with Crippen molar-refractivity contribution in [2.45, 2.75) is 66.5 Å². The molecule has 0 spiro atoms. The first-order valence-electron chi connectivity index (χ1n) is 9.84. The molecule has 2 heterocycles. The molecule has 0 radical (unpaired) electrons. The lowest BCUT2D eigenvalue weighted by molar-refractivity contribution is 0.491. The van der Waals surface area contributed by atoms with E-state index in [1.807, 2.05) is 30.8 Å². The van der Waals surface area contributed by atoms with Gasteiger partial charge in [-0.2, -0.15) is 5.10 Å². The van der Waals surface area contributed by atoms with Crippen molar-refractivity contribution in [2.24, 2.45) is 10.9 Å². The van der Waals surface area contributed by atoms with E-state index in [0.717, 1.165) is 41.1 Å². The lowest BCUT2D eigenvalue weighted by Crippen LogP contribution is -2.41. The van der Waals surface area contributed by atoms with Crippen molar-refractivity contribution in [1.29, 1.82) is 0 Å². The average Bonchev–Trinajstić information content (AvgIpc) is 2.97. The lowest BCUT2D eigenvalue weighted by atomic mass is 10.0. The SMILES string of the molecule is CN=C(NCc1ccc(-n2nc(C)cc2C)nc1)NC(C)CCCC(C)C. The maximum absolute atomic E-state index is 4.54. The molecule has 0 bridgehead atoms. The topological polar surface area (TPSA) is 67.1 Å². The molecule has 148 valence electrons. The first kappa shape index (κ1) is 20.9. The number of aryl methyl sites for hydroxylation is 2. The molecule has 1 atom stereocenters.